The average Bonchev–Trinajstić information content (AvgIpc) is 2.88. The van der Waals surface area contributed by atoms with Gasteiger partial charge in [0.2, 0.25) is 0 Å². The molecule has 0 unspecified atom stereocenters. The first-order chi connectivity index (χ1) is 9.89. The summed E-state index contributed by atoms with van der Waals surface area (Å²) in [5, 5.41) is 0. The van der Waals surface area contributed by atoms with Crippen LogP contribution in [0.2, 0.25) is 0 Å². The van der Waals surface area contributed by atoms with Crippen LogP contribution >= 0.6 is 34.4 Å². The van der Waals surface area contributed by atoms with Gasteiger partial charge in [-0.2, -0.15) is 0 Å². The Morgan fingerprint density at radius 2 is 1.27 bits per heavy atom. The zero-order chi connectivity index (χ0) is 16.5. The fourth-order valence-electron chi connectivity index (χ4n) is 2.68. The Morgan fingerprint density at radius 1 is 0.773 bits per heavy atom. The maximum atomic E-state index is 2.46. The lowest BCUT2D eigenvalue weighted by Gasteiger charge is -2.29. The molecule has 0 aromatic carbocycles. The lowest BCUT2D eigenvalue weighted by atomic mass is 9.92. The van der Waals surface area contributed by atoms with Crippen LogP contribution in [0.1, 0.15) is 70.7 Å². The van der Waals surface area contributed by atoms with Gasteiger partial charge in [-0.05, 0) is 42.4 Å². The highest BCUT2D eigenvalue weighted by Gasteiger charge is 2.37. The first kappa shape index (κ1) is 16.6. The van der Waals surface area contributed by atoms with E-state index in [4.69, 9.17) is 0 Å². The van der Waals surface area contributed by atoms with Crippen LogP contribution in [0.15, 0.2) is 17.0 Å². The molecule has 2 aromatic rings. The van der Waals surface area contributed by atoms with Crippen LogP contribution in [0.25, 0.3) is 9.75 Å². The van der Waals surface area contributed by atoms with Crippen molar-refractivity contribution in [1.82, 2.24) is 0 Å². The third-order valence-corrected chi connectivity index (χ3v) is 8.82. The van der Waals surface area contributed by atoms with Gasteiger partial charge in [-0.1, -0.05) is 41.5 Å². The van der Waals surface area contributed by atoms with Crippen molar-refractivity contribution in [3.05, 3.63) is 27.5 Å². The third-order valence-electron chi connectivity index (χ3n) is 4.13. The predicted octanol–water partition coefficient (Wildman–Crippen LogP) is 7.41. The SMILES string of the molecule is CC(C)(C)c1cc2c(s1)-c1sc(C(C)(C)C)cc1C(C)(C)S2. The highest BCUT2D eigenvalue weighted by molar-refractivity contribution is 8.00. The quantitative estimate of drug-likeness (QED) is 0.476. The van der Waals surface area contributed by atoms with Crippen LogP contribution in [0.4, 0.5) is 0 Å². The first-order valence-electron chi connectivity index (χ1n) is 7.88. The zero-order valence-electron chi connectivity index (χ0n) is 14.9. The van der Waals surface area contributed by atoms with Gasteiger partial charge in [0.05, 0.1) is 9.75 Å². The Labute approximate surface area is 147 Å². The van der Waals surface area contributed by atoms with Crippen molar-refractivity contribution in [3.8, 4) is 9.75 Å². The van der Waals surface area contributed by atoms with Gasteiger partial charge in [0, 0.05) is 19.4 Å². The van der Waals surface area contributed by atoms with Crippen molar-refractivity contribution in [3.63, 3.8) is 0 Å². The van der Waals surface area contributed by atoms with E-state index >= 15 is 0 Å². The molecule has 0 aliphatic carbocycles. The number of hydrogen-bond donors (Lipinski definition) is 0. The maximum Gasteiger partial charge on any atom is 0.0585 e. The van der Waals surface area contributed by atoms with Gasteiger partial charge in [-0.3, -0.25) is 0 Å². The number of rotatable bonds is 0. The topological polar surface area (TPSA) is 0 Å². The second kappa shape index (κ2) is 4.87. The molecular weight excluding hydrogens is 324 g/mol. The molecule has 0 amide bonds. The van der Waals surface area contributed by atoms with Crippen LogP contribution in [0, 0.1) is 0 Å². The molecule has 1 aliphatic rings. The predicted molar refractivity (Wildman–Crippen MR) is 104 cm³/mol. The van der Waals surface area contributed by atoms with Crippen LogP contribution < -0.4 is 0 Å². The maximum absolute atomic E-state index is 2.46. The average molecular weight is 351 g/mol. The van der Waals surface area contributed by atoms with Gasteiger partial charge in [-0.15, -0.1) is 34.4 Å². The number of thioether (sulfide) groups is 1. The van der Waals surface area contributed by atoms with E-state index in [9.17, 15) is 0 Å². The van der Waals surface area contributed by atoms with Gasteiger partial charge in [-0.25, -0.2) is 0 Å². The molecule has 0 fully saturated rings. The van der Waals surface area contributed by atoms with E-state index in [1.165, 1.54) is 30.0 Å². The lowest BCUT2D eigenvalue weighted by Crippen LogP contribution is -2.15. The van der Waals surface area contributed by atoms with Crippen molar-refractivity contribution in [2.45, 2.75) is 75.9 Å². The normalized spacial score (nSPS) is 17.3. The minimum atomic E-state index is 0.165. The summed E-state index contributed by atoms with van der Waals surface area (Å²) in [6, 6.07) is 4.90. The highest BCUT2D eigenvalue weighted by atomic mass is 32.2. The van der Waals surface area contributed by atoms with Gasteiger partial charge < -0.3 is 0 Å². The van der Waals surface area contributed by atoms with Crippen molar-refractivity contribution in [2.24, 2.45) is 0 Å². The molecule has 0 radical (unpaired) electrons. The number of hydrogen-bond acceptors (Lipinski definition) is 3. The van der Waals surface area contributed by atoms with Gasteiger partial charge in [0.1, 0.15) is 0 Å². The smallest absolute Gasteiger partial charge is 0.0585 e. The molecule has 0 saturated heterocycles. The van der Waals surface area contributed by atoms with Gasteiger partial charge in [0.25, 0.3) is 0 Å². The molecule has 0 nitrogen and oxygen atoms in total. The standard InChI is InChI=1S/C19H26S3/c1-17(2,3)13-9-11-15(20-13)16-12(22-19(11,7)8)10-14(21-16)18(4,5)6/h9-10H,1-8H3. The van der Waals surface area contributed by atoms with Crippen LogP contribution in [0.5, 0.6) is 0 Å². The monoisotopic (exact) mass is 350 g/mol. The molecule has 3 rings (SSSR count). The van der Waals surface area contributed by atoms with E-state index in [0.717, 1.165) is 0 Å². The van der Waals surface area contributed by atoms with Gasteiger partial charge in [0.15, 0.2) is 0 Å². The van der Waals surface area contributed by atoms with E-state index in [2.05, 4.69) is 67.5 Å². The molecule has 1 aliphatic heterocycles. The fourth-order valence-corrected chi connectivity index (χ4v) is 6.98. The van der Waals surface area contributed by atoms with E-state index in [0.29, 0.717) is 0 Å². The van der Waals surface area contributed by atoms with Crippen molar-refractivity contribution >= 4 is 34.4 Å². The largest absolute Gasteiger partial charge is 0.139 e. The molecule has 0 atom stereocenters. The molecular formula is C19H26S3. The summed E-state index contributed by atoms with van der Waals surface area (Å²) < 4.78 is 0.165. The Bertz CT molecular complexity index is 715. The summed E-state index contributed by atoms with van der Waals surface area (Å²) in [6.07, 6.45) is 0. The Kier molecular flexibility index (Phi) is 3.68. The van der Waals surface area contributed by atoms with Crippen molar-refractivity contribution in [1.29, 1.82) is 0 Å². The molecule has 120 valence electrons. The van der Waals surface area contributed by atoms with Crippen molar-refractivity contribution < 1.29 is 0 Å². The van der Waals surface area contributed by atoms with Gasteiger partial charge >= 0.3 is 0 Å². The minimum Gasteiger partial charge on any atom is -0.139 e. The molecule has 0 spiro atoms. The molecule has 0 saturated carbocycles. The van der Waals surface area contributed by atoms with E-state index in [1.54, 1.807) is 0 Å². The zero-order valence-corrected chi connectivity index (χ0v) is 17.3. The Morgan fingerprint density at radius 3 is 1.82 bits per heavy atom. The van der Waals surface area contributed by atoms with E-state index in [-0.39, 0.29) is 15.6 Å². The molecule has 3 heterocycles. The fraction of sp³-hybridized carbons (Fsp3) is 0.579. The molecule has 2 aromatic heterocycles. The third kappa shape index (κ3) is 2.70. The second-order valence-electron chi connectivity index (χ2n) is 8.77. The van der Waals surface area contributed by atoms with Crippen molar-refractivity contribution in [2.75, 3.05) is 0 Å². The Hall–Kier alpha value is -0.250. The summed E-state index contributed by atoms with van der Waals surface area (Å²) in [6.45, 7) is 18.6. The van der Waals surface area contributed by atoms with Crippen LogP contribution in [-0.2, 0) is 15.6 Å². The summed E-state index contributed by atoms with van der Waals surface area (Å²) in [5.41, 5.74) is 1.99. The first-order valence-corrected chi connectivity index (χ1v) is 10.3. The Balaban J connectivity index is 2.22. The lowest BCUT2D eigenvalue weighted by molar-refractivity contribution is 0.602. The molecule has 22 heavy (non-hydrogen) atoms. The van der Waals surface area contributed by atoms with Crippen LogP contribution in [0.3, 0.4) is 0 Å². The molecule has 0 N–H and O–H groups in total. The summed E-state index contributed by atoms with van der Waals surface area (Å²) in [5.74, 6) is 0. The highest BCUT2D eigenvalue weighted by Crippen LogP contribution is 2.59. The second-order valence-corrected chi connectivity index (χ2v) is 12.5. The van der Waals surface area contributed by atoms with E-state index < -0.39 is 0 Å². The number of thiophene rings is 2. The minimum absolute atomic E-state index is 0.165. The summed E-state index contributed by atoms with van der Waals surface area (Å²) in [4.78, 5) is 7.51. The summed E-state index contributed by atoms with van der Waals surface area (Å²) in [7, 11) is 0. The molecule has 3 heteroatoms. The molecule has 0 bridgehead atoms. The summed E-state index contributed by atoms with van der Waals surface area (Å²) >= 11 is 6.04. The van der Waals surface area contributed by atoms with E-state index in [1.807, 2.05) is 34.4 Å². The van der Waals surface area contributed by atoms with Crippen LogP contribution in [-0.4, -0.2) is 0 Å². The number of fused-ring (bicyclic) bond motifs is 3.